The van der Waals surface area contributed by atoms with Crippen molar-refractivity contribution < 1.29 is 34.2 Å². The molecule has 0 bridgehead atoms. The van der Waals surface area contributed by atoms with E-state index < -0.39 is 60.2 Å². The van der Waals surface area contributed by atoms with Crippen molar-refractivity contribution in [3.63, 3.8) is 0 Å². The molecule has 0 aliphatic rings. The van der Waals surface area contributed by atoms with E-state index in [1.807, 2.05) is 20.1 Å². The summed E-state index contributed by atoms with van der Waals surface area (Å²) in [5.41, 5.74) is 5.81. The summed E-state index contributed by atoms with van der Waals surface area (Å²) in [6.07, 6.45) is 1.76. The number of thioether (sulfide) groups is 1. The van der Waals surface area contributed by atoms with Gasteiger partial charge in [0, 0.05) is 12.2 Å². The van der Waals surface area contributed by atoms with Crippen molar-refractivity contribution in [2.75, 3.05) is 17.8 Å². The lowest BCUT2D eigenvalue weighted by Crippen LogP contribution is -2.57. The summed E-state index contributed by atoms with van der Waals surface area (Å²) in [5, 5.41) is 25.3. The molecular formula is C19H34N4O7S2. The summed E-state index contributed by atoms with van der Waals surface area (Å²) < 4.78 is 0. The van der Waals surface area contributed by atoms with Gasteiger partial charge < -0.3 is 31.9 Å². The molecule has 0 saturated carbocycles. The molecule has 0 rings (SSSR count). The molecule has 0 aromatic heterocycles. The maximum absolute atomic E-state index is 12.7. The van der Waals surface area contributed by atoms with Crippen molar-refractivity contribution in [1.29, 1.82) is 0 Å². The van der Waals surface area contributed by atoms with Crippen molar-refractivity contribution in [2.45, 2.75) is 63.7 Å². The highest BCUT2D eigenvalue weighted by molar-refractivity contribution is 7.98. The van der Waals surface area contributed by atoms with Gasteiger partial charge in [-0.25, -0.2) is 4.79 Å². The lowest BCUT2D eigenvalue weighted by Gasteiger charge is -2.25. The smallest absolute Gasteiger partial charge is 0.326 e. The van der Waals surface area contributed by atoms with Crippen molar-refractivity contribution in [2.24, 2.45) is 11.7 Å². The molecule has 0 saturated heterocycles. The zero-order valence-electron chi connectivity index (χ0n) is 18.5. The Kier molecular flexibility index (Phi) is 14.8. The Hall–Kier alpha value is -1.99. The van der Waals surface area contributed by atoms with Gasteiger partial charge in [-0.15, -0.1) is 0 Å². The Morgan fingerprint density at radius 2 is 1.44 bits per heavy atom. The van der Waals surface area contributed by atoms with Crippen LogP contribution in [0, 0.1) is 5.92 Å². The number of aliphatic carboxylic acids is 2. The van der Waals surface area contributed by atoms with E-state index >= 15 is 0 Å². The molecule has 11 nitrogen and oxygen atoms in total. The highest BCUT2D eigenvalue weighted by Crippen LogP contribution is 2.08. The molecule has 0 aliphatic heterocycles. The van der Waals surface area contributed by atoms with Crippen LogP contribution in [0.5, 0.6) is 0 Å². The lowest BCUT2D eigenvalue weighted by molar-refractivity contribution is -0.143. The average Bonchev–Trinajstić information content (AvgIpc) is 2.71. The summed E-state index contributed by atoms with van der Waals surface area (Å²) in [7, 11) is 0. The Labute approximate surface area is 197 Å². The number of carbonyl (C=O) groups excluding carboxylic acids is 3. The number of carbonyl (C=O) groups is 5. The van der Waals surface area contributed by atoms with E-state index in [1.165, 1.54) is 11.8 Å². The van der Waals surface area contributed by atoms with Crippen LogP contribution in [-0.2, 0) is 24.0 Å². The Bertz CT molecular complexity index is 664. The highest BCUT2D eigenvalue weighted by atomic mass is 32.2. The van der Waals surface area contributed by atoms with Gasteiger partial charge in [-0.3, -0.25) is 19.2 Å². The first-order chi connectivity index (χ1) is 14.9. The van der Waals surface area contributed by atoms with Crippen LogP contribution in [0.3, 0.4) is 0 Å². The van der Waals surface area contributed by atoms with Crippen LogP contribution >= 0.6 is 24.4 Å². The number of amides is 3. The molecule has 0 aromatic carbocycles. The van der Waals surface area contributed by atoms with Gasteiger partial charge in [0.05, 0.1) is 6.04 Å². The van der Waals surface area contributed by atoms with Crippen molar-refractivity contribution >= 4 is 54.1 Å². The van der Waals surface area contributed by atoms with Gasteiger partial charge in [0.1, 0.15) is 18.1 Å². The Balaban J connectivity index is 5.22. The first kappa shape index (κ1) is 30.0. The molecule has 0 fully saturated rings. The number of hydrogen-bond donors (Lipinski definition) is 7. The maximum Gasteiger partial charge on any atom is 0.326 e. The summed E-state index contributed by atoms with van der Waals surface area (Å²) in [5.74, 6) is -3.91. The zero-order valence-corrected chi connectivity index (χ0v) is 20.2. The van der Waals surface area contributed by atoms with Crippen LogP contribution in [0.1, 0.15) is 39.5 Å². The third-order valence-electron chi connectivity index (χ3n) is 4.39. The van der Waals surface area contributed by atoms with E-state index in [0.717, 1.165) is 0 Å². The van der Waals surface area contributed by atoms with Crippen molar-refractivity contribution in [3.8, 4) is 0 Å². The summed E-state index contributed by atoms with van der Waals surface area (Å²) in [6, 6.07) is -4.34. The zero-order chi connectivity index (χ0) is 24.8. The van der Waals surface area contributed by atoms with E-state index in [1.54, 1.807) is 0 Å². The number of hydrogen-bond acceptors (Lipinski definition) is 8. The average molecular weight is 495 g/mol. The standard InChI is InChI=1S/C19H34N4O7S2/c1-10(2)8-13(17(27)21-12(19(29)30)4-5-15(24)25)22-18(28)14(9-31)23-16(26)11(20)6-7-32-3/h10-14,31H,4-9,20H2,1-3H3,(H,21,27)(H,22,28)(H,23,26)(H,24,25)(H,29,30). The van der Waals surface area contributed by atoms with E-state index in [0.29, 0.717) is 12.2 Å². The number of carboxylic acids is 2. The van der Waals surface area contributed by atoms with Crippen LogP contribution in [0.25, 0.3) is 0 Å². The minimum absolute atomic E-state index is 0.0302. The second kappa shape index (κ2) is 15.8. The molecule has 0 aliphatic carbocycles. The molecule has 7 N–H and O–H groups in total. The molecule has 0 heterocycles. The SMILES string of the molecule is CSCCC(N)C(=O)NC(CS)C(=O)NC(CC(C)C)C(=O)NC(CCC(=O)O)C(=O)O. The number of carboxylic acid groups (broad SMARTS) is 2. The number of thiol groups is 1. The predicted octanol–water partition coefficient (Wildman–Crippen LogP) is -0.553. The second-order valence-electron chi connectivity index (χ2n) is 7.65. The fraction of sp³-hybridized carbons (Fsp3) is 0.737. The van der Waals surface area contributed by atoms with Crippen LogP contribution in [-0.4, -0.2) is 81.8 Å². The molecule has 32 heavy (non-hydrogen) atoms. The predicted molar refractivity (Wildman–Crippen MR) is 125 cm³/mol. The van der Waals surface area contributed by atoms with Gasteiger partial charge in [0.25, 0.3) is 0 Å². The third kappa shape index (κ3) is 12.2. The van der Waals surface area contributed by atoms with Crippen LogP contribution in [0.4, 0.5) is 0 Å². The lowest BCUT2D eigenvalue weighted by atomic mass is 10.0. The van der Waals surface area contributed by atoms with Gasteiger partial charge in [0.2, 0.25) is 17.7 Å². The number of rotatable bonds is 16. The fourth-order valence-electron chi connectivity index (χ4n) is 2.62. The molecule has 0 aromatic rings. The third-order valence-corrected chi connectivity index (χ3v) is 5.40. The molecule has 13 heteroatoms. The quantitative estimate of drug-likeness (QED) is 0.138. The molecule has 0 radical (unpaired) electrons. The highest BCUT2D eigenvalue weighted by Gasteiger charge is 2.30. The van der Waals surface area contributed by atoms with Gasteiger partial charge in [-0.05, 0) is 37.2 Å². The van der Waals surface area contributed by atoms with Gasteiger partial charge in [0.15, 0.2) is 0 Å². The second-order valence-corrected chi connectivity index (χ2v) is 9.01. The van der Waals surface area contributed by atoms with E-state index in [9.17, 15) is 29.1 Å². The fourth-order valence-corrected chi connectivity index (χ4v) is 3.37. The molecule has 4 unspecified atom stereocenters. The summed E-state index contributed by atoms with van der Waals surface area (Å²) in [4.78, 5) is 59.7. The molecule has 184 valence electrons. The van der Waals surface area contributed by atoms with Crippen molar-refractivity contribution in [3.05, 3.63) is 0 Å². The number of nitrogens with one attached hydrogen (secondary N) is 3. The Morgan fingerprint density at radius 3 is 1.91 bits per heavy atom. The van der Waals surface area contributed by atoms with E-state index in [2.05, 4.69) is 28.6 Å². The maximum atomic E-state index is 12.7. The minimum atomic E-state index is -1.42. The first-order valence-electron chi connectivity index (χ1n) is 10.1. The minimum Gasteiger partial charge on any atom is -0.481 e. The largest absolute Gasteiger partial charge is 0.481 e. The van der Waals surface area contributed by atoms with E-state index in [4.69, 9.17) is 10.8 Å². The van der Waals surface area contributed by atoms with Crippen molar-refractivity contribution in [1.82, 2.24) is 16.0 Å². The van der Waals surface area contributed by atoms with Crippen LogP contribution in [0.15, 0.2) is 0 Å². The molecule has 4 atom stereocenters. The summed E-state index contributed by atoms with van der Waals surface area (Å²) in [6.45, 7) is 3.63. The Morgan fingerprint density at radius 1 is 0.906 bits per heavy atom. The monoisotopic (exact) mass is 494 g/mol. The number of nitrogens with two attached hydrogens (primary N) is 1. The van der Waals surface area contributed by atoms with E-state index in [-0.39, 0.29) is 24.5 Å². The summed E-state index contributed by atoms with van der Waals surface area (Å²) >= 11 is 5.62. The normalized spacial score (nSPS) is 14.7. The molecular weight excluding hydrogens is 460 g/mol. The van der Waals surface area contributed by atoms with Crippen LogP contribution < -0.4 is 21.7 Å². The van der Waals surface area contributed by atoms with Gasteiger partial charge in [-0.2, -0.15) is 24.4 Å². The first-order valence-corrected chi connectivity index (χ1v) is 12.2. The van der Waals surface area contributed by atoms with Gasteiger partial charge >= 0.3 is 11.9 Å². The van der Waals surface area contributed by atoms with Crippen LogP contribution in [0.2, 0.25) is 0 Å². The molecule has 0 spiro atoms. The topological polar surface area (TPSA) is 188 Å². The molecule has 3 amide bonds. The van der Waals surface area contributed by atoms with Gasteiger partial charge in [-0.1, -0.05) is 13.8 Å².